The summed E-state index contributed by atoms with van der Waals surface area (Å²) in [5.41, 5.74) is 7.55. The average molecular weight is 966 g/mol. The Morgan fingerprint density at radius 1 is 0.389 bits per heavy atom. The van der Waals surface area contributed by atoms with Gasteiger partial charge in [0.05, 0.1) is 24.6 Å². The van der Waals surface area contributed by atoms with Crippen LogP contribution in [0.25, 0.3) is 10.8 Å². The lowest BCUT2D eigenvalue weighted by molar-refractivity contribution is 0.236. The van der Waals surface area contributed by atoms with Gasteiger partial charge in [-0.05, 0) is 60.5 Å². The summed E-state index contributed by atoms with van der Waals surface area (Å²) in [6.07, 6.45) is 18.0. The van der Waals surface area contributed by atoms with Crippen molar-refractivity contribution in [3.8, 4) is 11.5 Å². The summed E-state index contributed by atoms with van der Waals surface area (Å²) < 4.78 is 13.7. The number of amidine groups is 4. The predicted octanol–water partition coefficient (Wildman–Crippen LogP) is 16.6. The van der Waals surface area contributed by atoms with E-state index in [9.17, 15) is 0 Å². The Labute approximate surface area is 430 Å². The molecule has 0 amide bonds. The van der Waals surface area contributed by atoms with Gasteiger partial charge < -0.3 is 14.5 Å². The van der Waals surface area contributed by atoms with Gasteiger partial charge in [-0.1, -0.05) is 205 Å². The van der Waals surface area contributed by atoms with Crippen LogP contribution < -0.4 is 9.47 Å². The molecule has 378 valence electrons. The van der Waals surface area contributed by atoms with Gasteiger partial charge in [-0.25, -0.2) is 30.0 Å². The summed E-state index contributed by atoms with van der Waals surface area (Å²) in [5, 5.41) is 1.89. The fourth-order valence-electron chi connectivity index (χ4n) is 10.8. The highest BCUT2D eigenvalue weighted by atomic mass is 16.5. The van der Waals surface area contributed by atoms with Gasteiger partial charge in [-0.15, -0.1) is 0 Å². The molecule has 0 saturated carbocycles. The molecular formula is C63H79N7O2. The van der Waals surface area contributed by atoms with Crippen LogP contribution in [0.15, 0.2) is 115 Å². The molecule has 9 nitrogen and oxygen atoms in total. The van der Waals surface area contributed by atoms with Gasteiger partial charge >= 0.3 is 0 Å². The van der Waals surface area contributed by atoms with Gasteiger partial charge in [-0.3, -0.25) is 0 Å². The van der Waals surface area contributed by atoms with E-state index in [-0.39, 0.29) is 0 Å². The monoisotopic (exact) mass is 966 g/mol. The van der Waals surface area contributed by atoms with Crippen molar-refractivity contribution >= 4 is 57.2 Å². The van der Waals surface area contributed by atoms with Crippen molar-refractivity contribution < 1.29 is 9.47 Å². The number of hydrogen-bond donors (Lipinski definition) is 1. The zero-order chi connectivity index (χ0) is 50.1. The average Bonchev–Trinajstić information content (AvgIpc) is 4.09. The first-order valence-electron chi connectivity index (χ1n) is 27.7. The molecular weight excluding hydrogens is 887 g/mol. The molecule has 3 aliphatic heterocycles. The van der Waals surface area contributed by atoms with Crippen molar-refractivity contribution in [2.45, 2.75) is 152 Å². The molecule has 0 fully saturated rings. The maximum absolute atomic E-state index is 6.83. The van der Waals surface area contributed by atoms with E-state index in [4.69, 9.17) is 39.4 Å². The first-order valence-corrected chi connectivity index (χ1v) is 27.7. The molecule has 0 radical (unpaired) electrons. The number of H-pyrrole nitrogens is 1. The molecule has 4 heterocycles. The van der Waals surface area contributed by atoms with Gasteiger partial charge in [-0.2, -0.15) is 0 Å². The van der Waals surface area contributed by atoms with Crippen LogP contribution in [-0.2, 0) is 0 Å². The second-order valence-electron chi connectivity index (χ2n) is 22.5. The van der Waals surface area contributed by atoms with Crippen LogP contribution in [0.5, 0.6) is 11.5 Å². The Kier molecular flexibility index (Phi) is 16.8. The fourth-order valence-corrected chi connectivity index (χ4v) is 10.8. The number of fused-ring (bicyclic) bond motifs is 18. The van der Waals surface area contributed by atoms with E-state index in [0.717, 1.165) is 104 Å². The van der Waals surface area contributed by atoms with Crippen LogP contribution in [0.4, 0.5) is 11.6 Å². The number of hydrogen-bond acceptors (Lipinski definition) is 8. The first kappa shape index (κ1) is 51.0. The van der Waals surface area contributed by atoms with Crippen molar-refractivity contribution in [2.24, 2.45) is 65.5 Å². The number of ether oxygens (including phenoxy) is 2. The zero-order valence-corrected chi connectivity index (χ0v) is 44.6. The Morgan fingerprint density at radius 2 is 0.736 bits per heavy atom. The van der Waals surface area contributed by atoms with Gasteiger partial charge in [0.15, 0.2) is 34.8 Å². The standard InChI is InChI=1S/C63H79N7O2/c1-40(2)19-15-21-42(5)23-17-25-44(7)33-35-71-56-37-52-53(38-57(56)72-36-34-45(8)26-18-24-43(6)22-16-20-41(3)4)63-69-61-51-32-14-13-31-50(51)60(68-61)67-59-49-30-12-11-29-48(49)58(66-59)64-54-39-55(65-62(52)70-63)47-28-10-9-27-46(47)54/h9-14,27-32,37-38,40-45H,15-26,33-36,39H2,1-8H3,(H,64,65,66,67,68,69,70). The zero-order valence-electron chi connectivity index (χ0n) is 44.6. The summed E-state index contributed by atoms with van der Waals surface area (Å²) in [6.45, 7) is 20.1. The lowest BCUT2D eigenvalue weighted by Crippen LogP contribution is -2.10. The van der Waals surface area contributed by atoms with Crippen molar-refractivity contribution in [3.05, 3.63) is 118 Å². The number of rotatable bonds is 24. The van der Waals surface area contributed by atoms with E-state index in [0.29, 0.717) is 66.4 Å². The second-order valence-corrected chi connectivity index (χ2v) is 22.5. The lowest BCUT2D eigenvalue weighted by Gasteiger charge is -2.18. The van der Waals surface area contributed by atoms with Gasteiger partial charge in [0.2, 0.25) is 0 Å². The van der Waals surface area contributed by atoms with Crippen LogP contribution in [0.2, 0.25) is 0 Å². The molecule has 4 aromatic carbocycles. The molecule has 72 heavy (non-hydrogen) atoms. The van der Waals surface area contributed by atoms with Crippen LogP contribution >= 0.6 is 0 Å². The molecule has 4 atom stereocenters. The number of benzene rings is 4. The second kappa shape index (κ2) is 23.7. The summed E-state index contributed by atoms with van der Waals surface area (Å²) in [6, 6.07) is 29.1. The molecule has 4 unspecified atom stereocenters. The Balaban J connectivity index is 1.03. The van der Waals surface area contributed by atoms with E-state index < -0.39 is 0 Å². The predicted molar refractivity (Wildman–Crippen MR) is 303 cm³/mol. The molecule has 9 heteroatoms. The molecule has 4 aliphatic rings. The molecule has 9 rings (SSSR count). The van der Waals surface area contributed by atoms with Crippen molar-refractivity contribution in [2.75, 3.05) is 13.2 Å². The summed E-state index contributed by atoms with van der Waals surface area (Å²) in [5.74, 6) is 9.48. The highest BCUT2D eigenvalue weighted by Gasteiger charge is 2.31. The highest BCUT2D eigenvalue weighted by Crippen LogP contribution is 2.40. The normalized spacial score (nSPS) is 16.3. The summed E-state index contributed by atoms with van der Waals surface area (Å²) in [7, 11) is 0. The van der Waals surface area contributed by atoms with Crippen LogP contribution in [0, 0.1) is 35.5 Å². The Bertz CT molecular complexity index is 2890. The Hall–Kier alpha value is -5.96. The fraction of sp³-hybridized carbons (Fsp3) is 0.492. The summed E-state index contributed by atoms with van der Waals surface area (Å²) in [4.78, 5) is 35.2. The van der Waals surface area contributed by atoms with Crippen LogP contribution in [0.1, 0.15) is 185 Å². The largest absolute Gasteiger partial charge is 0.490 e. The number of nitrogens with one attached hydrogen (secondary N) is 1. The van der Waals surface area contributed by atoms with Crippen LogP contribution in [0.3, 0.4) is 0 Å². The topological polar surface area (TPSA) is 108 Å². The minimum absolute atomic E-state index is 0.532. The maximum Gasteiger partial charge on any atom is 0.164 e. The molecule has 8 bridgehead atoms. The quantitative estimate of drug-likeness (QED) is 0.0665. The number of aliphatic imine (C=N–C) groups is 6. The Morgan fingerprint density at radius 3 is 1.17 bits per heavy atom. The molecule has 0 spiro atoms. The van der Waals surface area contributed by atoms with Gasteiger partial charge in [0.25, 0.3) is 0 Å². The van der Waals surface area contributed by atoms with Crippen LogP contribution in [-0.4, -0.2) is 53.0 Å². The number of aromatic amines is 1. The molecule has 5 aromatic rings. The maximum atomic E-state index is 6.83. The van der Waals surface area contributed by atoms with E-state index >= 15 is 0 Å². The first-order chi connectivity index (χ1) is 35.0. The van der Waals surface area contributed by atoms with Gasteiger partial charge in [0.1, 0.15) is 11.6 Å². The van der Waals surface area contributed by atoms with E-state index in [1.165, 1.54) is 77.0 Å². The third-order valence-electron chi connectivity index (χ3n) is 15.4. The molecule has 0 saturated heterocycles. The van der Waals surface area contributed by atoms with Crippen molar-refractivity contribution in [1.29, 1.82) is 0 Å². The summed E-state index contributed by atoms with van der Waals surface area (Å²) >= 11 is 0. The molecule has 1 aromatic heterocycles. The van der Waals surface area contributed by atoms with Gasteiger partial charge in [0, 0.05) is 50.6 Å². The third kappa shape index (κ3) is 12.4. The third-order valence-corrected chi connectivity index (χ3v) is 15.4. The molecule has 1 aliphatic carbocycles. The lowest BCUT2D eigenvalue weighted by atomic mass is 9.93. The number of aromatic nitrogens is 1. The minimum atomic E-state index is 0.532. The molecule has 1 N–H and O–H groups in total. The number of nitrogens with zero attached hydrogens (tertiary/aromatic N) is 6. The van der Waals surface area contributed by atoms with E-state index in [1.54, 1.807) is 0 Å². The smallest absolute Gasteiger partial charge is 0.164 e. The van der Waals surface area contributed by atoms with Crippen molar-refractivity contribution in [1.82, 2.24) is 4.98 Å². The van der Waals surface area contributed by atoms with E-state index in [1.807, 2.05) is 24.3 Å². The van der Waals surface area contributed by atoms with Crippen molar-refractivity contribution in [3.63, 3.8) is 0 Å². The SMILES string of the molecule is CC(C)CCCC(C)CCCC(C)CCOc1cc2c(cc1OCCC(C)CCCC(C)CCCC(C)C)C1=Nc3[nH]c(c4ccccc34)N=C3N=C(N=C4CC(=NC2=N1)c1ccccc14)c1ccccc13. The van der Waals surface area contributed by atoms with E-state index in [2.05, 4.69) is 121 Å². The highest BCUT2D eigenvalue weighted by molar-refractivity contribution is 6.35. The minimum Gasteiger partial charge on any atom is -0.490 e.